The number of aliphatic hydroxyl groups is 1. The molecule has 0 aromatic heterocycles. The van der Waals surface area contributed by atoms with Gasteiger partial charge in [0.2, 0.25) is 0 Å². The third-order valence-electron chi connectivity index (χ3n) is 3.57. The Bertz CT molecular complexity index is 486. The Kier molecular flexibility index (Phi) is 4.26. The number of hydrogen-bond donors (Lipinski definition) is 1. The summed E-state index contributed by atoms with van der Waals surface area (Å²) in [5, 5.41) is 10.3. The Morgan fingerprint density at radius 3 is 2.74 bits per heavy atom. The lowest BCUT2D eigenvalue weighted by atomic mass is 10.0. The molecular formula is C14H17BrFNO2. The van der Waals surface area contributed by atoms with Crippen molar-refractivity contribution in [2.75, 3.05) is 13.6 Å². The average molecular weight is 330 g/mol. The first kappa shape index (κ1) is 14.5. The summed E-state index contributed by atoms with van der Waals surface area (Å²) in [6.07, 6.45) is 3.41. The van der Waals surface area contributed by atoms with Gasteiger partial charge in [-0.3, -0.25) is 4.79 Å². The van der Waals surface area contributed by atoms with Crippen molar-refractivity contribution < 1.29 is 14.3 Å². The van der Waals surface area contributed by atoms with Gasteiger partial charge >= 0.3 is 0 Å². The number of likely N-dealkylation sites (N-methyl/N-ethyl adjacent to an activating group) is 1. The van der Waals surface area contributed by atoms with Crippen molar-refractivity contribution in [1.29, 1.82) is 0 Å². The van der Waals surface area contributed by atoms with Crippen LogP contribution >= 0.6 is 15.9 Å². The second kappa shape index (κ2) is 5.59. The van der Waals surface area contributed by atoms with E-state index >= 15 is 0 Å². The van der Waals surface area contributed by atoms with Crippen LogP contribution in [0.5, 0.6) is 0 Å². The van der Waals surface area contributed by atoms with E-state index < -0.39 is 11.4 Å². The Morgan fingerprint density at radius 2 is 2.11 bits per heavy atom. The predicted molar refractivity (Wildman–Crippen MR) is 74.5 cm³/mol. The molecule has 0 saturated heterocycles. The predicted octanol–water partition coefficient (Wildman–Crippen LogP) is 2.97. The van der Waals surface area contributed by atoms with Gasteiger partial charge in [-0.15, -0.1) is 0 Å². The van der Waals surface area contributed by atoms with Crippen molar-refractivity contribution in [2.24, 2.45) is 0 Å². The van der Waals surface area contributed by atoms with Crippen LogP contribution in [0.1, 0.15) is 36.0 Å². The van der Waals surface area contributed by atoms with E-state index in [1.807, 2.05) is 0 Å². The lowest BCUT2D eigenvalue weighted by molar-refractivity contribution is 0.0156. The molecule has 0 atom stereocenters. The molecule has 1 aliphatic rings. The molecule has 0 unspecified atom stereocenters. The van der Waals surface area contributed by atoms with Crippen LogP contribution in [0.25, 0.3) is 0 Å². The summed E-state index contributed by atoms with van der Waals surface area (Å²) in [5.41, 5.74) is -0.506. The molecule has 0 aliphatic heterocycles. The highest BCUT2D eigenvalue weighted by atomic mass is 79.9. The van der Waals surface area contributed by atoms with Crippen molar-refractivity contribution in [1.82, 2.24) is 4.90 Å². The van der Waals surface area contributed by atoms with Crippen molar-refractivity contribution >= 4 is 21.8 Å². The number of hydrogen-bond acceptors (Lipinski definition) is 2. The zero-order valence-electron chi connectivity index (χ0n) is 10.8. The lowest BCUT2D eigenvalue weighted by Gasteiger charge is -2.28. The van der Waals surface area contributed by atoms with E-state index in [1.54, 1.807) is 7.05 Å². The van der Waals surface area contributed by atoms with Crippen molar-refractivity contribution in [2.45, 2.75) is 31.3 Å². The largest absolute Gasteiger partial charge is 0.388 e. The SMILES string of the molecule is CN(CC1(O)CCCC1)C(=O)c1cc(F)ccc1Br. The van der Waals surface area contributed by atoms with Gasteiger partial charge in [0.05, 0.1) is 11.2 Å². The number of halogens is 2. The van der Waals surface area contributed by atoms with Gasteiger partial charge in [0.15, 0.2) is 0 Å². The molecule has 1 aliphatic carbocycles. The molecule has 5 heteroatoms. The minimum atomic E-state index is -0.787. The van der Waals surface area contributed by atoms with Crippen molar-refractivity contribution in [3.05, 3.63) is 34.1 Å². The maximum Gasteiger partial charge on any atom is 0.254 e. The summed E-state index contributed by atoms with van der Waals surface area (Å²) >= 11 is 3.25. The van der Waals surface area contributed by atoms with Crippen LogP contribution in [0.4, 0.5) is 4.39 Å². The van der Waals surface area contributed by atoms with Gasteiger partial charge in [0.25, 0.3) is 5.91 Å². The third kappa shape index (κ3) is 3.34. The summed E-state index contributed by atoms with van der Waals surface area (Å²) in [6.45, 7) is 0.286. The molecule has 1 N–H and O–H groups in total. The standard InChI is InChI=1S/C14H17BrFNO2/c1-17(9-14(19)6-2-3-7-14)13(18)11-8-10(16)4-5-12(11)15/h4-5,8,19H,2-3,6-7,9H2,1H3. The molecule has 3 nitrogen and oxygen atoms in total. The minimum Gasteiger partial charge on any atom is -0.388 e. The maximum absolute atomic E-state index is 13.2. The number of carbonyl (C=O) groups excluding carboxylic acids is 1. The maximum atomic E-state index is 13.2. The second-order valence-electron chi connectivity index (χ2n) is 5.22. The molecular weight excluding hydrogens is 313 g/mol. The molecule has 0 heterocycles. The number of amides is 1. The summed E-state index contributed by atoms with van der Waals surface area (Å²) in [4.78, 5) is 13.7. The Morgan fingerprint density at radius 1 is 1.47 bits per heavy atom. The molecule has 19 heavy (non-hydrogen) atoms. The van der Waals surface area contributed by atoms with E-state index in [-0.39, 0.29) is 18.0 Å². The molecule has 1 amide bonds. The summed E-state index contributed by atoms with van der Waals surface area (Å²) in [7, 11) is 1.63. The molecule has 104 valence electrons. The number of nitrogens with zero attached hydrogens (tertiary/aromatic N) is 1. The highest BCUT2D eigenvalue weighted by molar-refractivity contribution is 9.10. The molecule has 0 radical (unpaired) electrons. The lowest BCUT2D eigenvalue weighted by Crippen LogP contribution is -2.42. The Hall–Kier alpha value is -0.940. The highest BCUT2D eigenvalue weighted by Crippen LogP contribution is 2.30. The zero-order valence-corrected chi connectivity index (χ0v) is 12.4. The average Bonchev–Trinajstić information content (AvgIpc) is 2.78. The fraction of sp³-hybridized carbons (Fsp3) is 0.500. The topological polar surface area (TPSA) is 40.5 Å². The monoisotopic (exact) mass is 329 g/mol. The van der Waals surface area contributed by atoms with Crippen LogP contribution in [-0.2, 0) is 0 Å². The van der Waals surface area contributed by atoms with Gasteiger partial charge in [0.1, 0.15) is 5.82 Å². The smallest absolute Gasteiger partial charge is 0.254 e. The fourth-order valence-corrected chi connectivity index (χ4v) is 2.99. The van der Waals surface area contributed by atoms with E-state index in [0.29, 0.717) is 4.47 Å². The van der Waals surface area contributed by atoms with Gasteiger partial charge in [-0.05, 0) is 47.0 Å². The quantitative estimate of drug-likeness (QED) is 0.926. The Balaban J connectivity index is 2.12. The first-order chi connectivity index (χ1) is 8.91. The van der Waals surface area contributed by atoms with Gasteiger partial charge < -0.3 is 10.0 Å². The molecule has 0 spiro atoms. The summed E-state index contributed by atoms with van der Waals surface area (Å²) in [6, 6.07) is 4.02. The van der Waals surface area contributed by atoms with E-state index in [2.05, 4.69) is 15.9 Å². The Labute approximate surface area is 120 Å². The molecule has 1 saturated carbocycles. The van der Waals surface area contributed by atoms with Crippen LogP contribution in [0.15, 0.2) is 22.7 Å². The zero-order chi connectivity index (χ0) is 14.0. The van der Waals surface area contributed by atoms with E-state index in [4.69, 9.17) is 0 Å². The van der Waals surface area contributed by atoms with Crippen LogP contribution in [-0.4, -0.2) is 35.1 Å². The van der Waals surface area contributed by atoms with E-state index in [0.717, 1.165) is 25.7 Å². The van der Waals surface area contributed by atoms with E-state index in [1.165, 1.54) is 23.1 Å². The number of rotatable bonds is 3. The van der Waals surface area contributed by atoms with Gasteiger partial charge in [0, 0.05) is 18.1 Å². The number of carbonyl (C=O) groups is 1. The molecule has 1 aromatic carbocycles. The molecule has 2 rings (SSSR count). The fourth-order valence-electron chi connectivity index (χ4n) is 2.57. The number of benzene rings is 1. The van der Waals surface area contributed by atoms with Crippen molar-refractivity contribution in [3.8, 4) is 0 Å². The van der Waals surface area contributed by atoms with Crippen LogP contribution in [0.3, 0.4) is 0 Å². The highest BCUT2D eigenvalue weighted by Gasteiger charge is 2.33. The van der Waals surface area contributed by atoms with Gasteiger partial charge in [-0.1, -0.05) is 12.8 Å². The van der Waals surface area contributed by atoms with Gasteiger partial charge in [-0.25, -0.2) is 4.39 Å². The summed E-state index contributed by atoms with van der Waals surface area (Å²) in [5.74, 6) is -0.730. The molecule has 1 fully saturated rings. The second-order valence-corrected chi connectivity index (χ2v) is 6.07. The summed E-state index contributed by atoms with van der Waals surface area (Å²) < 4.78 is 13.8. The van der Waals surface area contributed by atoms with Crippen LogP contribution in [0, 0.1) is 5.82 Å². The van der Waals surface area contributed by atoms with Crippen molar-refractivity contribution in [3.63, 3.8) is 0 Å². The first-order valence-corrected chi connectivity index (χ1v) is 7.13. The third-order valence-corrected chi connectivity index (χ3v) is 4.26. The normalized spacial score (nSPS) is 17.5. The van der Waals surface area contributed by atoms with E-state index in [9.17, 15) is 14.3 Å². The van der Waals surface area contributed by atoms with Crippen LogP contribution in [0.2, 0.25) is 0 Å². The minimum absolute atomic E-state index is 0.282. The van der Waals surface area contributed by atoms with Crippen LogP contribution < -0.4 is 0 Å². The van der Waals surface area contributed by atoms with Gasteiger partial charge in [-0.2, -0.15) is 0 Å². The molecule has 1 aromatic rings. The first-order valence-electron chi connectivity index (χ1n) is 6.34. The molecule has 0 bridgehead atoms.